The van der Waals surface area contributed by atoms with Crippen molar-refractivity contribution < 1.29 is 17.7 Å². The largest absolute Gasteiger partial charge is 0.346 e. The van der Waals surface area contributed by atoms with Gasteiger partial charge in [-0.15, -0.1) is 0 Å². The first kappa shape index (κ1) is 17.6. The molecule has 0 spiro atoms. The summed E-state index contributed by atoms with van der Waals surface area (Å²) in [6.45, 7) is 3.78. The lowest BCUT2D eigenvalue weighted by atomic mass is 9.94. The molecule has 5 nitrogen and oxygen atoms in total. The van der Waals surface area contributed by atoms with Crippen molar-refractivity contribution in [3.05, 3.63) is 29.8 Å². The van der Waals surface area contributed by atoms with Crippen molar-refractivity contribution in [3.8, 4) is 0 Å². The van der Waals surface area contributed by atoms with E-state index in [1.165, 1.54) is 12.7 Å². The van der Waals surface area contributed by atoms with Gasteiger partial charge < -0.3 is 5.32 Å². The molecule has 0 atom stereocenters. The number of piperidine rings is 2. The van der Waals surface area contributed by atoms with E-state index in [4.69, 9.17) is 0 Å². The first-order valence-corrected chi connectivity index (χ1v) is 10.8. The first-order chi connectivity index (χ1) is 11.4. The molecule has 1 N–H and O–H groups in total. The molecule has 1 aromatic rings. The molecule has 132 valence electrons. The van der Waals surface area contributed by atoms with E-state index < -0.39 is 9.84 Å². The maximum absolute atomic E-state index is 13.4. The predicted molar refractivity (Wildman–Crippen MR) is 93.6 cm³/mol. The fraction of sp³-hybridized carbons (Fsp3) is 0.611. The van der Waals surface area contributed by atoms with Crippen LogP contribution in [-0.2, 0) is 9.84 Å². The van der Waals surface area contributed by atoms with Crippen LogP contribution in [-0.4, -0.2) is 57.3 Å². The second-order valence-electron chi connectivity index (χ2n) is 7.12. The Morgan fingerprint density at radius 3 is 2.17 bits per heavy atom. The van der Waals surface area contributed by atoms with Crippen molar-refractivity contribution in [2.45, 2.75) is 43.0 Å². The lowest BCUT2D eigenvalue weighted by molar-refractivity contribution is -0.880. The van der Waals surface area contributed by atoms with Crippen LogP contribution in [0.4, 0.5) is 0 Å². The van der Waals surface area contributed by atoms with Gasteiger partial charge in [0.15, 0.2) is 9.84 Å². The molecular formula is C18H27N2O3S+. The van der Waals surface area contributed by atoms with Crippen molar-refractivity contribution in [3.63, 3.8) is 0 Å². The highest BCUT2D eigenvalue weighted by atomic mass is 32.2. The van der Waals surface area contributed by atoms with Gasteiger partial charge in [-0.25, -0.2) is 13.2 Å². The van der Waals surface area contributed by atoms with Crippen molar-refractivity contribution in [2.24, 2.45) is 0 Å². The van der Waals surface area contributed by atoms with Gasteiger partial charge in [0.05, 0.1) is 29.6 Å². The Morgan fingerprint density at radius 2 is 1.62 bits per heavy atom. The molecule has 6 heteroatoms. The van der Waals surface area contributed by atoms with Crippen LogP contribution in [0, 0.1) is 0 Å². The Morgan fingerprint density at radius 1 is 1.04 bits per heavy atom. The van der Waals surface area contributed by atoms with Crippen LogP contribution in [0.5, 0.6) is 0 Å². The van der Waals surface area contributed by atoms with E-state index in [2.05, 4.69) is 5.32 Å². The molecule has 0 saturated carbocycles. The number of hydrogen-bond donors (Lipinski definition) is 1. The summed E-state index contributed by atoms with van der Waals surface area (Å²) in [4.78, 5) is 13.7. The third-order valence-electron chi connectivity index (χ3n) is 5.56. The zero-order valence-corrected chi connectivity index (χ0v) is 15.1. The molecule has 0 aliphatic carbocycles. The summed E-state index contributed by atoms with van der Waals surface area (Å²) in [5, 5.41) is 3.39. The van der Waals surface area contributed by atoms with Crippen LogP contribution in [0.25, 0.3) is 0 Å². The van der Waals surface area contributed by atoms with Crippen LogP contribution in [0.1, 0.15) is 42.5 Å². The van der Waals surface area contributed by atoms with E-state index in [0.29, 0.717) is 16.1 Å². The average Bonchev–Trinajstić information content (AvgIpc) is 2.62. The van der Waals surface area contributed by atoms with E-state index >= 15 is 0 Å². The molecule has 0 radical (unpaired) electrons. The number of carbonyl (C=O) groups excluding carboxylic acids is 1. The minimum atomic E-state index is -3.23. The number of benzene rings is 1. The fourth-order valence-electron chi connectivity index (χ4n) is 4.21. The van der Waals surface area contributed by atoms with Gasteiger partial charge in [-0.3, -0.25) is 4.48 Å². The Hall–Kier alpha value is -1.24. The van der Waals surface area contributed by atoms with Crippen LogP contribution in [0.15, 0.2) is 29.2 Å². The average molecular weight is 351 g/mol. The number of sulfone groups is 1. The smallest absolute Gasteiger partial charge is 0.316 e. The number of hydrogen-bond acceptors (Lipinski definition) is 4. The molecule has 1 aromatic carbocycles. The summed E-state index contributed by atoms with van der Waals surface area (Å²) in [5.41, 5.74) is 0.642. The summed E-state index contributed by atoms with van der Waals surface area (Å²) in [6.07, 6.45) is 6.65. The normalized spacial score (nSPS) is 22.2. The molecule has 0 unspecified atom stereocenters. The number of rotatable bonds is 3. The Kier molecular flexibility index (Phi) is 5.08. The second-order valence-corrected chi connectivity index (χ2v) is 9.14. The summed E-state index contributed by atoms with van der Waals surface area (Å²) in [6, 6.07) is 6.88. The third kappa shape index (κ3) is 3.41. The Balaban J connectivity index is 1.91. The topological polar surface area (TPSA) is 63.2 Å². The van der Waals surface area contributed by atoms with Gasteiger partial charge >= 0.3 is 5.91 Å². The second kappa shape index (κ2) is 6.94. The first-order valence-electron chi connectivity index (χ1n) is 8.86. The fourth-order valence-corrected chi connectivity index (χ4v) is 4.84. The SMILES string of the molecule is CS(=O)(=O)c1ccc(C(=O)[N+]2(C3CCNCC3)CCCCC2)cc1. The number of quaternary nitrogens is 1. The predicted octanol–water partition coefficient (Wildman–Crippen LogP) is 1.98. The molecule has 24 heavy (non-hydrogen) atoms. The lowest BCUT2D eigenvalue weighted by Crippen LogP contribution is -2.63. The molecule has 2 fully saturated rings. The maximum Gasteiger partial charge on any atom is 0.346 e. The van der Waals surface area contributed by atoms with Gasteiger partial charge in [-0.2, -0.15) is 0 Å². The van der Waals surface area contributed by atoms with E-state index in [-0.39, 0.29) is 10.8 Å². The highest BCUT2D eigenvalue weighted by Crippen LogP contribution is 2.30. The maximum atomic E-state index is 13.4. The van der Waals surface area contributed by atoms with Gasteiger partial charge in [0.1, 0.15) is 0 Å². The van der Waals surface area contributed by atoms with Crippen LogP contribution < -0.4 is 5.32 Å². The molecule has 1 amide bonds. The lowest BCUT2D eigenvalue weighted by Gasteiger charge is -2.46. The van der Waals surface area contributed by atoms with Crippen molar-refractivity contribution in [1.82, 2.24) is 5.32 Å². The Labute approximate surface area is 144 Å². The van der Waals surface area contributed by atoms with Gasteiger partial charge in [-0.1, -0.05) is 0 Å². The summed E-state index contributed by atoms with van der Waals surface area (Å²) in [7, 11) is -3.23. The van der Waals surface area contributed by atoms with Gasteiger partial charge in [0.2, 0.25) is 0 Å². The van der Waals surface area contributed by atoms with E-state index in [9.17, 15) is 13.2 Å². The number of nitrogens with one attached hydrogen (secondary N) is 1. The summed E-state index contributed by atoms with van der Waals surface area (Å²) >= 11 is 0. The standard InChI is InChI=1S/C18H27N2O3S/c1-24(22,23)17-7-5-15(6-8-17)18(21)20(13-3-2-4-14-20)16-9-11-19-12-10-16/h5-8,16,19H,2-4,9-14H2,1H3/q+1. The summed E-state index contributed by atoms with van der Waals surface area (Å²) in [5.74, 6) is 0.168. The van der Waals surface area contributed by atoms with Crippen molar-refractivity contribution in [1.29, 1.82) is 0 Å². The van der Waals surface area contributed by atoms with Crippen LogP contribution in [0.2, 0.25) is 0 Å². The minimum absolute atomic E-state index is 0.168. The number of amides is 1. The molecular weight excluding hydrogens is 324 g/mol. The third-order valence-corrected chi connectivity index (χ3v) is 6.68. The zero-order chi connectivity index (χ0) is 17.2. The Bertz CT molecular complexity index is 685. The van der Waals surface area contributed by atoms with E-state index in [0.717, 1.165) is 51.9 Å². The molecule has 2 saturated heterocycles. The summed E-state index contributed by atoms with van der Waals surface area (Å²) < 4.78 is 23.8. The van der Waals surface area contributed by atoms with E-state index in [1.807, 2.05) is 0 Å². The van der Waals surface area contributed by atoms with Crippen molar-refractivity contribution >= 4 is 15.7 Å². The molecule has 0 bridgehead atoms. The van der Waals surface area contributed by atoms with Crippen molar-refractivity contribution in [2.75, 3.05) is 32.4 Å². The van der Waals surface area contributed by atoms with E-state index in [1.54, 1.807) is 24.3 Å². The minimum Gasteiger partial charge on any atom is -0.316 e. The molecule has 3 rings (SSSR count). The zero-order valence-electron chi connectivity index (χ0n) is 14.3. The van der Waals surface area contributed by atoms with Crippen LogP contribution in [0.3, 0.4) is 0 Å². The molecule has 2 aliphatic rings. The number of likely N-dealkylation sites (tertiary alicyclic amines) is 1. The number of nitrogens with zero attached hydrogens (tertiary/aromatic N) is 1. The van der Waals surface area contributed by atoms with Gasteiger partial charge in [0, 0.05) is 32.2 Å². The molecule has 2 heterocycles. The highest BCUT2D eigenvalue weighted by Gasteiger charge is 2.45. The van der Waals surface area contributed by atoms with Gasteiger partial charge in [-0.05, 0) is 43.5 Å². The monoisotopic (exact) mass is 351 g/mol. The molecule has 0 aromatic heterocycles. The van der Waals surface area contributed by atoms with Gasteiger partial charge in [0.25, 0.3) is 0 Å². The quantitative estimate of drug-likeness (QED) is 0.846. The number of carbonyl (C=O) groups is 1. The molecule has 2 aliphatic heterocycles. The highest BCUT2D eigenvalue weighted by molar-refractivity contribution is 7.90. The van der Waals surface area contributed by atoms with Crippen LogP contribution >= 0.6 is 0 Å².